The number of rotatable bonds is 6. The SMILES string of the molecule is CCNC(=O)C1CC(=O)N(c2cc(OC)c(OC)c(OC)c2)C1. The lowest BCUT2D eigenvalue weighted by atomic mass is 10.1. The van der Waals surface area contributed by atoms with Crippen LogP contribution in [0, 0.1) is 5.92 Å². The van der Waals surface area contributed by atoms with Crippen molar-refractivity contribution in [1.82, 2.24) is 5.32 Å². The van der Waals surface area contributed by atoms with Crippen molar-refractivity contribution in [3.63, 3.8) is 0 Å². The number of anilines is 1. The summed E-state index contributed by atoms with van der Waals surface area (Å²) in [6.45, 7) is 2.74. The average Bonchev–Trinajstić information content (AvgIpc) is 2.95. The van der Waals surface area contributed by atoms with Crippen LogP contribution < -0.4 is 24.4 Å². The van der Waals surface area contributed by atoms with Crippen molar-refractivity contribution < 1.29 is 23.8 Å². The summed E-state index contributed by atoms with van der Waals surface area (Å²) < 4.78 is 15.9. The van der Waals surface area contributed by atoms with E-state index in [1.165, 1.54) is 21.3 Å². The van der Waals surface area contributed by atoms with E-state index < -0.39 is 0 Å². The highest BCUT2D eigenvalue weighted by Gasteiger charge is 2.35. The molecular formula is C16H22N2O5. The summed E-state index contributed by atoms with van der Waals surface area (Å²) in [6, 6.07) is 3.42. The third-order valence-electron chi connectivity index (χ3n) is 3.81. The molecule has 0 bridgehead atoms. The fourth-order valence-corrected chi connectivity index (χ4v) is 2.67. The fourth-order valence-electron chi connectivity index (χ4n) is 2.67. The third kappa shape index (κ3) is 3.33. The van der Waals surface area contributed by atoms with E-state index in [2.05, 4.69) is 5.32 Å². The van der Waals surface area contributed by atoms with Crippen LogP contribution in [0.3, 0.4) is 0 Å². The van der Waals surface area contributed by atoms with Crippen LogP contribution in [-0.4, -0.2) is 46.2 Å². The quantitative estimate of drug-likeness (QED) is 0.851. The molecule has 1 unspecified atom stereocenters. The molecule has 1 aromatic carbocycles. The minimum absolute atomic E-state index is 0.101. The van der Waals surface area contributed by atoms with Crippen molar-refractivity contribution >= 4 is 17.5 Å². The Morgan fingerprint density at radius 1 is 1.22 bits per heavy atom. The number of carbonyl (C=O) groups excluding carboxylic acids is 2. The molecule has 23 heavy (non-hydrogen) atoms. The number of ether oxygens (including phenoxy) is 3. The number of amides is 2. The van der Waals surface area contributed by atoms with Gasteiger partial charge < -0.3 is 24.4 Å². The van der Waals surface area contributed by atoms with Crippen LogP contribution in [0.5, 0.6) is 17.2 Å². The third-order valence-corrected chi connectivity index (χ3v) is 3.81. The Hall–Kier alpha value is -2.44. The zero-order valence-electron chi connectivity index (χ0n) is 13.8. The second-order valence-corrected chi connectivity index (χ2v) is 5.18. The first-order valence-electron chi connectivity index (χ1n) is 7.43. The van der Waals surface area contributed by atoms with E-state index in [9.17, 15) is 9.59 Å². The molecule has 1 atom stereocenters. The first kappa shape index (κ1) is 16.9. The summed E-state index contributed by atoms with van der Waals surface area (Å²) in [6.07, 6.45) is 0.197. The molecule has 1 aliphatic heterocycles. The monoisotopic (exact) mass is 322 g/mol. The number of hydrogen-bond acceptors (Lipinski definition) is 5. The molecule has 1 heterocycles. The smallest absolute Gasteiger partial charge is 0.227 e. The standard InChI is InChI=1S/C16H22N2O5/c1-5-17-16(20)10-6-14(19)18(9-10)11-7-12(21-2)15(23-4)13(8-11)22-3/h7-8,10H,5-6,9H2,1-4H3,(H,17,20). The Balaban J connectivity index is 2.31. The number of benzene rings is 1. The predicted molar refractivity (Wildman–Crippen MR) is 85.2 cm³/mol. The minimum atomic E-state index is -0.346. The summed E-state index contributed by atoms with van der Waals surface area (Å²) in [5.41, 5.74) is 0.622. The van der Waals surface area contributed by atoms with Gasteiger partial charge >= 0.3 is 0 Å². The lowest BCUT2D eigenvalue weighted by molar-refractivity contribution is -0.126. The van der Waals surface area contributed by atoms with Gasteiger partial charge in [0.15, 0.2) is 11.5 Å². The number of nitrogens with one attached hydrogen (secondary N) is 1. The highest BCUT2D eigenvalue weighted by atomic mass is 16.5. The molecule has 1 aliphatic rings. The Morgan fingerprint density at radius 2 is 1.83 bits per heavy atom. The molecular weight excluding hydrogens is 300 g/mol. The van der Waals surface area contributed by atoms with Gasteiger partial charge in [-0.1, -0.05) is 0 Å². The molecule has 0 radical (unpaired) electrons. The van der Waals surface area contributed by atoms with Crippen LogP contribution in [0.1, 0.15) is 13.3 Å². The van der Waals surface area contributed by atoms with Gasteiger partial charge in [-0.15, -0.1) is 0 Å². The summed E-state index contributed by atoms with van der Waals surface area (Å²) >= 11 is 0. The molecule has 2 rings (SSSR count). The van der Waals surface area contributed by atoms with Crippen molar-refractivity contribution in [2.24, 2.45) is 5.92 Å². The normalized spacial score (nSPS) is 17.1. The van der Waals surface area contributed by atoms with Crippen LogP contribution >= 0.6 is 0 Å². The van der Waals surface area contributed by atoms with Gasteiger partial charge in [0.05, 0.1) is 32.9 Å². The van der Waals surface area contributed by atoms with Crippen LogP contribution in [0.2, 0.25) is 0 Å². The first-order valence-corrected chi connectivity index (χ1v) is 7.43. The van der Waals surface area contributed by atoms with Gasteiger partial charge in [0.2, 0.25) is 17.6 Å². The highest BCUT2D eigenvalue weighted by molar-refractivity contribution is 6.00. The molecule has 0 aromatic heterocycles. The zero-order chi connectivity index (χ0) is 17.0. The van der Waals surface area contributed by atoms with Gasteiger partial charge in [-0.3, -0.25) is 9.59 Å². The van der Waals surface area contributed by atoms with Gasteiger partial charge in [-0.25, -0.2) is 0 Å². The summed E-state index contributed by atoms with van der Waals surface area (Å²) in [5, 5.41) is 2.76. The maximum atomic E-state index is 12.3. The second-order valence-electron chi connectivity index (χ2n) is 5.18. The number of nitrogens with zero attached hydrogens (tertiary/aromatic N) is 1. The van der Waals surface area contributed by atoms with Gasteiger partial charge in [0.1, 0.15) is 0 Å². The van der Waals surface area contributed by atoms with Crippen LogP contribution in [0.15, 0.2) is 12.1 Å². The topological polar surface area (TPSA) is 77.1 Å². The van der Waals surface area contributed by atoms with E-state index in [0.717, 1.165) is 0 Å². The van der Waals surface area contributed by atoms with Gasteiger partial charge in [-0.2, -0.15) is 0 Å². The van der Waals surface area contributed by atoms with Crippen LogP contribution in [0.25, 0.3) is 0 Å². The molecule has 7 nitrogen and oxygen atoms in total. The van der Waals surface area contributed by atoms with Gasteiger partial charge in [0, 0.05) is 31.6 Å². The first-order chi connectivity index (χ1) is 11.0. The summed E-state index contributed by atoms with van der Waals surface area (Å²) in [5.74, 6) is 0.853. The molecule has 2 amide bonds. The summed E-state index contributed by atoms with van der Waals surface area (Å²) in [4.78, 5) is 25.8. The zero-order valence-corrected chi connectivity index (χ0v) is 13.8. The molecule has 1 saturated heterocycles. The number of methoxy groups -OCH3 is 3. The van der Waals surface area contributed by atoms with E-state index >= 15 is 0 Å². The average molecular weight is 322 g/mol. The molecule has 0 spiro atoms. The molecule has 0 aliphatic carbocycles. The number of hydrogen-bond donors (Lipinski definition) is 1. The summed E-state index contributed by atoms with van der Waals surface area (Å²) in [7, 11) is 4.56. The van der Waals surface area contributed by atoms with Crippen molar-refractivity contribution in [2.75, 3.05) is 39.3 Å². The van der Waals surface area contributed by atoms with E-state index in [-0.39, 0.29) is 24.2 Å². The Morgan fingerprint density at radius 3 is 2.30 bits per heavy atom. The Kier molecular flexibility index (Phi) is 5.31. The van der Waals surface area contributed by atoms with E-state index in [1.807, 2.05) is 6.92 Å². The largest absolute Gasteiger partial charge is 0.493 e. The maximum Gasteiger partial charge on any atom is 0.227 e. The Labute approximate surface area is 135 Å². The second kappa shape index (κ2) is 7.21. The van der Waals surface area contributed by atoms with E-state index in [0.29, 0.717) is 36.0 Å². The van der Waals surface area contributed by atoms with Crippen molar-refractivity contribution in [3.05, 3.63) is 12.1 Å². The lowest BCUT2D eigenvalue weighted by Crippen LogP contribution is -2.32. The molecule has 1 N–H and O–H groups in total. The lowest BCUT2D eigenvalue weighted by Gasteiger charge is -2.20. The predicted octanol–water partition coefficient (Wildman–Crippen LogP) is 1.20. The van der Waals surface area contributed by atoms with Crippen molar-refractivity contribution in [2.45, 2.75) is 13.3 Å². The molecule has 126 valence electrons. The van der Waals surface area contributed by atoms with E-state index in [1.54, 1.807) is 17.0 Å². The number of carbonyl (C=O) groups is 2. The fraction of sp³-hybridized carbons (Fsp3) is 0.500. The molecule has 0 saturated carbocycles. The molecule has 7 heteroatoms. The molecule has 1 fully saturated rings. The highest BCUT2D eigenvalue weighted by Crippen LogP contribution is 2.42. The van der Waals surface area contributed by atoms with Crippen molar-refractivity contribution in [1.29, 1.82) is 0 Å². The van der Waals surface area contributed by atoms with Crippen LogP contribution in [0.4, 0.5) is 5.69 Å². The van der Waals surface area contributed by atoms with E-state index in [4.69, 9.17) is 14.2 Å². The van der Waals surface area contributed by atoms with Crippen molar-refractivity contribution in [3.8, 4) is 17.2 Å². The van der Waals surface area contributed by atoms with Gasteiger partial charge in [-0.05, 0) is 6.92 Å². The minimum Gasteiger partial charge on any atom is -0.493 e. The molecule has 1 aromatic rings. The van der Waals surface area contributed by atoms with Crippen LogP contribution in [-0.2, 0) is 9.59 Å². The van der Waals surface area contributed by atoms with Gasteiger partial charge in [0.25, 0.3) is 0 Å². The Bertz CT molecular complexity index is 577. The maximum absolute atomic E-state index is 12.3.